The van der Waals surface area contributed by atoms with Crippen molar-refractivity contribution in [1.82, 2.24) is 10.0 Å². The molecule has 1 aromatic rings. The first-order chi connectivity index (χ1) is 9.36. The first-order valence-electron chi connectivity index (χ1n) is 6.31. The molecule has 20 heavy (non-hydrogen) atoms. The molecule has 0 aromatic heterocycles. The number of benzene rings is 1. The molecule has 7 heteroatoms. The quantitative estimate of drug-likeness (QED) is 0.664. The molecular formula is C13H20N2O4S. The average molecular weight is 300 g/mol. The van der Waals surface area contributed by atoms with Gasteiger partial charge in [-0.05, 0) is 37.1 Å². The summed E-state index contributed by atoms with van der Waals surface area (Å²) in [7, 11) is -3.60. The summed E-state index contributed by atoms with van der Waals surface area (Å²) in [6.07, 6.45) is 0.0318. The number of hydrogen-bond acceptors (Lipinski definition) is 4. The second-order valence-corrected chi connectivity index (χ2v) is 6.23. The van der Waals surface area contributed by atoms with E-state index >= 15 is 0 Å². The van der Waals surface area contributed by atoms with E-state index in [-0.39, 0.29) is 36.9 Å². The number of carbonyl (C=O) groups is 1. The average Bonchev–Trinajstić information content (AvgIpc) is 2.39. The van der Waals surface area contributed by atoms with Gasteiger partial charge in [-0.2, -0.15) is 0 Å². The Morgan fingerprint density at radius 3 is 2.50 bits per heavy atom. The molecule has 0 bridgehead atoms. The lowest BCUT2D eigenvalue weighted by atomic mass is 10.1. The standard InChI is InChI=1S/C13H20N2O4S/c1-10-3-4-12(9-11(10)2)20(18,19)15-6-5-13(17)14-7-8-16/h3-4,9,15-16H,5-8H2,1-2H3,(H,14,17). The molecule has 0 atom stereocenters. The Balaban J connectivity index is 2.57. The van der Waals surface area contributed by atoms with Gasteiger partial charge in [-0.3, -0.25) is 4.79 Å². The zero-order valence-corrected chi connectivity index (χ0v) is 12.5. The highest BCUT2D eigenvalue weighted by molar-refractivity contribution is 7.89. The van der Waals surface area contributed by atoms with Crippen molar-refractivity contribution >= 4 is 15.9 Å². The van der Waals surface area contributed by atoms with Crippen LogP contribution in [0.25, 0.3) is 0 Å². The molecule has 0 aliphatic rings. The van der Waals surface area contributed by atoms with Crippen molar-refractivity contribution in [3.8, 4) is 0 Å². The van der Waals surface area contributed by atoms with Gasteiger partial charge in [0.25, 0.3) is 0 Å². The SMILES string of the molecule is Cc1ccc(S(=O)(=O)NCCC(=O)NCCO)cc1C. The van der Waals surface area contributed by atoms with Gasteiger partial charge in [0.15, 0.2) is 0 Å². The molecular weight excluding hydrogens is 280 g/mol. The molecule has 3 N–H and O–H groups in total. The van der Waals surface area contributed by atoms with E-state index in [0.29, 0.717) is 0 Å². The topological polar surface area (TPSA) is 95.5 Å². The first-order valence-corrected chi connectivity index (χ1v) is 7.79. The maximum absolute atomic E-state index is 12.0. The third kappa shape index (κ3) is 4.92. The van der Waals surface area contributed by atoms with Crippen LogP contribution in [0, 0.1) is 13.8 Å². The molecule has 0 fully saturated rings. The normalized spacial score (nSPS) is 11.3. The van der Waals surface area contributed by atoms with Crippen LogP contribution < -0.4 is 10.0 Å². The third-order valence-corrected chi connectivity index (χ3v) is 4.33. The van der Waals surface area contributed by atoms with Crippen LogP contribution in [0.15, 0.2) is 23.1 Å². The summed E-state index contributed by atoms with van der Waals surface area (Å²) in [5.74, 6) is -0.304. The number of sulfonamides is 1. The van der Waals surface area contributed by atoms with Gasteiger partial charge in [-0.25, -0.2) is 13.1 Å². The van der Waals surface area contributed by atoms with Gasteiger partial charge in [-0.1, -0.05) is 6.07 Å². The van der Waals surface area contributed by atoms with Crippen molar-refractivity contribution in [2.24, 2.45) is 0 Å². The second kappa shape index (κ2) is 7.37. The van der Waals surface area contributed by atoms with Gasteiger partial charge in [0.1, 0.15) is 0 Å². The number of aliphatic hydroxyl groups excluding tert-OH is 1. The Kier molecular flexibility index (Phi) is 6.12. The van der Waals surface area contributed by atoms with Gasteiger partial charge >= 0.3 is 0 Å². The fraction of sp³-hybridized carbons (Fsp3) is 0.462. The van der Waals surface area contributed by atoms with E-state index in [1.54, 1.807) is 12.1 Å². The molecule has 0 saturated heterocycles. The van der Waals surface area contributed by atoms with E-state index in [1.807, 2.05) is 13.8 Å². The number of rotatable bonds is 7. The number of carbonyl (C=O) groups excluding carboxylic acids is 1. The van der Waals surface area contributed by atoms with Crippen molar-refractivity contribution in [3.05, 3.63) is 29.3 Å². The van der Waals surface area contributed by atoms with Crippen LogP contribution in [0.5, 0.6) is 0 Å². The number of aryl methyl sites for hydroxylation is 2. The maximum Gasteiger partial charge on any atom is 0.240 e. The summed E-state index contributed by atoms with van der Waals surface area (Å²) in [4.78, 5) is 11.5. The predicted molar refractivity (Wildman–Crippen MR) is 75.8 cm³/mol. The Hall–Kier alpha value is -1.44. The summed E-state index contributed by atoms with van der Waals surface area (Å²) >= 11 is 0. The monoisotopic (exact) mass is 300 g/mol. The molecule has 6 nitrogen and oxygen atoms in total. The van der Waals surface area contributed by atoms with Gasteiger partial charge in [0.05, 0.1) is 11.5 Å². The lowest BCUT2D eigenvalue weighted by Crippen LogP contribution is -2.32. The van der Waals surface area contributed by atoms with Gasteiger partial charge in [-0.15, -0.1) is 0 Å². The predicted octanol–water partition coefficient (Wildman–Crippen LogP) is 0.0803. The molecule has 0 saturated carbocycles. The molecule has 1 rings (SSSR count). The molecule has 0 unspecified atom stereocenters. The number of nitrogens with one attached hydrogen (secondary N) is 2. The van der Waals surface area contributed by atoms with Crippen LogP contribution in [0.3, 0.4) is 0 Å². The molecule has 0 aliphatic carbocycles. The zero-order valence-electron chi connectivity index (χ0n) is 11.6. The van der Waals surface area contributed by atoms with Gasteiger partial charge in [0, 0.05) is 19.5 Å². The van der Waals surface area contributed by atoms with Gasteiger partial charge in [0.2, 0.25) is 15.9 Å². The van der Waals surface area contributed by atoms with Crippen molar-refractivity contribution in [2.45, 2.75) is 25.2 Å². The van der Waals surface area contributed by atoms with Crippen LogP contribution in [-0.2, 0) is 14.8 Å². The second-order valence-electron chi connectivity index (χ2n) is 4.47. The van der Waals surface area contributed by atoms with Crippen LogP contribution in [0.4, 0.5) is 0 Å². The Morgan fingerprint density at radius 1 is 1.20 bits per heavy atom. The molecule has 0 spiro atoms. The van der Waals surface area contributed by atoms with Gasteiger partial charge < -0.3 is 10.4 Å². The van der Waals surface area contributed by atoms with Crippen molar-refractivity contribution < 1.29 is 18.3 Å². The largest absolute Gasteiger partial charge is 0.395 e. The Bertz CT molecular complexity index is 570. The van der Waals surface area contributed by atoms with E-state index in [1.165, 1.54) is 6.07 Å². The smallest absolute Gasteiger partial charge is 0.240 e. The fourth-order valence-electron chi connectivity index (χ4n) is 1.55. The van der Waals surface area contributed by atoms with Crippen molar-refractivity contribution in [2.75, 3.05) is 19.7 Å². The summed E-state index contributed by atoms with van der Waals surface area (Å²) in [6, 6.07) is 4.89. The van der Waals surface area contributed by atoms with Crippen LogP contribution >= 0.6 is 0 Å². The van der Waals surface area contributed by atoms with E-state index in [2.05, 4.69) is 10.0 Å². The van der Waals surface area contributed by atoms with E-state index in [9.17, 15) is 13.2 Å². The van der Waals surface area contributed by atoms with Crippen molar-refractivity contribution in [3.63, 3.8) is 0 Å². The molecule has 112 valence electrons. The fourth-order valence-corrected chi connectivity index (χ4v) is 2.66. The number of aliphatic hydroxyl groups is 1. The van der Waals surface area contributed by atoms with Crippen LogP contribution in [0.2, 0.25) is 0 Å². The highest BCUT2D eigenvalue weighted by atomic mass is 32.2. The lowest BCUT2D eigenvalue weighted by molar-refractivity contribution is -0.121. The summed E-state index contributed by atoms with van der Waals surface area (Å²) in [6.45, 7) is 3.80. The van der Waals surface area contributed by atoms with E-state index in [0.717, 1.165) is 11.1 Å². The molecule has 0 heterocycles. The Morgan fingerprint density at radius 2 is 1.90 bits per heavy atom. The number of amides is 1. The Labute approximate surface area is 119 Å². The van der Waals surface area contributed by atoms with E-state index < -0.39 is 10.0 Å². The lowest BCUT2D eigenvalue weighted by Gasteiger charge is -2.08. The minimum Gasteiger partial charge on any atom is -0.395 e. The maximum atomic E-state index is 12.0. The number of hydrogen-bond donors (Lipinski definition) is 3. The van der Waals surface area contributed by atoms with Crippen molar-refractivity contribution in [1.29, 1.82) is 0 Å². The first kappa shape index (κ1) is 16.6. The summed E-state index contributed by atoms with van der Waals surface area (Å²) in [5.41, 5.74) is 1.92. The molecule has 0 aliphatic heterocycles. The summed E-state index contributed by atoms with van der Waals surface area (Å²) < 4.78 is 26.4. The van der Waals surface area contributed by atoms with Crippen LogP contribution in [-0.4, -0.2) is 39.1 Å². The van der Waals surface area contributed by atoms with E-state index in [4.69, 9.17) is 5.11 Å². The highest BCUT2D eigenvalue weighted by Gasteiger charge is 2.14. The minimum absolute atomic E-state index is 0.0204. The highest BCUT2D eigenvalue weighted by Crippen LogP contribution is 2.14. The minimum atomic E-state index is -3.60. The third-order valence-electron chi connectivity index (χ3n) is 2.87. The summed E-state index contributed by atoms with van der Waals surface area (Å²) in [5, 5.41) is 11.0. The zero-order chi connectivity index (χ0) is 15.2. The molecule has 1 amide bonds. The van der Waals surface area contributed by atoms with Crippen LogP contribution in [0.1, 0.15) is 17.5 Å². The molecule has 1 aromatic carbocycles. The molecule has 0 radical (unpaired) electrons.